The summed E-state index contributed by atoms with van der Waals surface area (Å²) in [4.78, 5) is 10.9. The van der Waals surface area contributed by atoms with Crippen molar-refractivity contribution in [3.8, 4) is 0 Å². The first kappa shape index (κ1) is 14.7. The molecule has 0 amide bonds. The number of aromatic nitrogens is 2. The summed E-state index contributed by atoms with van der Waals surface area (Å²) < 4.78 is 1.09. The Balaban J connectivity index is 1.50. The van der Waals surface area contributed by atoms with Crippen molar-refractivity contribution >= 4 is 28.4 Å². The molecule has 3 rings (SSSR count). The molecular formula is C16H19IN4. The van der Waals surface area contributed by atoms with Crippen LogP contribution in [0.1, 0.15) is 18.4 Å². The van der Waals surface area contributed by atoms with E-state index >= 15 is 0 Å². The standard InChI is InChI=1S/C16H19IN4/c17-15-10-18-12-19-16(15)20-14-6-8-21(9-7-14)11-13-4-2-1-3-5-13/h1-5,10,12,14H,6-9,11H2,(H,18,19,20). The van der Waals surface area contributed by atoms with Crippen LogP contribution in [-0.4, -0.2) is 34.0 Å². The Labute approximate surface area is 139 Å². The van der Waals surface area contributed by atoms with Gasteiger partial charge < -0.3 is 5.32 Å². The molecule has 1 aromatic carbocycles. The maximum Gasteiger partial charge on any atom is 0.143 e. The van der Waals surface area contributed by atoms with E-state index in [0.717, 1.165) is 41.9 Å². The van der Waals surface area contributed by atoms with Gasteiger partial charge in [0.25, 0.3) is 0 Å². The fourth-order valence-corrected chi connectivity index (χ4v) is 3.15. The zero-order valence-electron chi connectivity index (χ0n) is 11.9. The number of likely N-dealkylation sites (tertiary alicyclic amines) is 1. The van der Waals surface area contributed by atoms with Crippen LogP contribution in [0.2, 0.25) is 0 Å². The number of hydrogen-bond acceptors (Lipinski definition) is 4. The van der Waals surface area contributed by atoms with E-state index in [0.29, 0.717) is 6.04 Å². The SMILES string of the molecule is Ic1cncnc1NC1CCN(Cc2ccccc2)CC1. The maximum absolute atomic E-state index is 4.32. The predicted molar refractivity (Wildman–Crippen MR) is 93.1 cm³/mol. The Morgan fingerprint density at radius 3 is 2.67 bits per heavy atom. The number of benzene rings is 1. The molecule has 1 fully saturated rings. The first-order valence-corrected chi connectivity index (χ1v) is 8.37. The highest BCUT2D eigenvalue weighted by molar-refractivity contribution is 14.1. The lowest BCUT2D eigenvalue weighted by Gasteiger charge is -2.32. The number of rotatable bonds is 4. The summed E-state index contributed by atoms with van der Waals surface area (Å²) >= 11 is 2.28. The smallest absolute Gasteiger partial charge is 0.143 e. The quantitative estimate of drug-likeness (QED) is 0.810. The van der Waals surface area contributed by atoms with Gasteiger partial charge in [-0.25, -0.2) is 9.97 Å². The monoisotopic (exact) mass is 394 g/mol. The second-order valence-electron chi connectivity index (χ2n) is 5.40. The van der Waals surface area contributed by atoms with E-state index in [1.165, 1.54) is 5.56 Å². The van der Waals surface area contributed by atoms with E-state index < -0.39 is 0 Å². The molecule has 1 aliphatic rings. The number of halogens is 1. The largest absolute Gasteiger partial charge is 0.366 e. The molecule has 0 saturated carbocycles. The van der Waals surface area contributed by atoms with Crippen LogP contribution in [0, 0.1) is 3.57 Å². The average molecular weight is 394 g/mol. The summed E-state index contributed by atoms with van der Waals surface area (Å²) in [6.07, 6.45) is 5.77. The van der Waals surface area contributed by atoms with Crippen LogP contribution < -0.4 is 5.32 Å². The highest BCUT2D eigenvalue weighted by Crippen LogP contribution is 2.19. The van der Waals surface area contributed by atoms with Crippen molar-refractivity contribution in [3.63, 3.8) is 0 Å². The van der Waals surface area contributed by atoms with E-state index in [-0.39, 0.29) is 0 Å². The Bertz CT molecular complexity index is 567. The van der Waals surface area contributed by atoms with Crippen molar-refractivity contribution in [1.29, 1.82) is 0 Å². The molecule has 0 spiro atoms. The number of hydrogen-bond donors (Lipinski definition) is 1. The van der Waals surface area contributed by atoms with E-state index in [1.54, 1.807) is 6.33 Å². The molecule has 2 heterocycles. The minimum Gasteiger partial charge on any atom is -0.366 e. The second-order valence-corrected chi connectivity index (χ2v) is 6.56. The molecule has 0 radical (unpaired) electrons. The second kappa shape index (κ2) is 7.17. The fraction of sp³-hybridized carbons (Fsp3) is 0.375. The van der Waals surface area contributed by atoms with Gasteiger partial charge >= 0.3 is 0 Å². The third-order valence-corrected chi connectivity index (χ3v) is 4.63. The van der Waals surface area contributed by atoms with Crippen molar-refractivity contribution < 1.29 is 0 Å². The number of anilines is 1. The Morgan fingerprint density at radius 1 is 1.19 bits per heavy atom. The van der Waals surface area contributed by atoms with Crippen LogP contribution in [0.4, 0.5) is 5.82 Å². The molecule has 1 saturated heterocycles. The third kappa shape index (κ3) is 4.14. The Kier molecular flexibility index (Phi) is 5.03. The van der Waals surface area contributed by atoms with Crippen molar-refractivity contribution in [2.24, 2.45) is 0 Å². The summed E-state index contributed by atoms with van der Waals surface area (Å²) in [5.41, 5.74) is 1.40. The van der Waals surface area contributed by atoms with E-state index in [2.05, 4.69) is 73.1 Å². The number of nitrogens with one attached hydrogen (secondary N) is 1. The Morgan fingerprint density at radius 2 is 1.95 bits per heavy atom. The van der Waals surface area contributed by atoms with Gasteiger partial charge in [-0.1, -0.05) is 30.3 Å². The summed E-state index contributed by atoms with van der Waals surface area (Å²) in [6, 6.07) is 11.2. The maximum atomic E-state index is 4.32. The van der Waals surface area contributed by atoms with Gasteiger partial charge in [-0.2, -0.15) is 0 Å². The molecule has 0 bridgehead atoms. The predicted octanol–water partition coefficient (Wildman–Crippen LogP) is 3.16. The molecule has 0 aliphatic carbocycles. The molecule has 2 aromatic rings. The van der Waals surface area contributed by atoms with Crippen molar-refractivity contribution in [2.75, 3.05) is 18.4 Å². The van der Waals surface area contributed by atoms with Gasteiger partial charge in [0, 0.05) is 31.9 Å². The van der Waals surface area contributed by atoms with Crippen molar-refractivity contribution in [2.45, 2.75) is 25.4 Å². The lowest BCUT2D eigenvalue weighted by molar-refractivity contribution is 0.211. The molecule has 5 heteroatoms. The van der Waals surface area contributed by atoms with Gasteiger partial charge in [-0.3, -0.25) is 4.90 Å². The molecule has 110 valence electrons. The van der Waals surface area contributed by atoms with E-state index in [1.807, 2.05) is 6.20 Å². The molecule has 0 atom stereocenters. The highest BCUT2D eigenvalue weighted by atomic mass is 127. The van der Waals surface area contributed by atoms with Crippen LogP contribution in [0.3, 0.4) is 0 Å². The third-order valence-electron chi connectivity index (χ3n) is 3.85. The van der Waals surface area contributed by atoms with Crippen LogP contribution in [0.25, 0.3) is 0 Å². The van der Waals surface area contributed by atoms with Crippen LogP contribution in [0.5, 0.6) is 0 Å². The molecule has 1 N–H and O–H groups in total. The van der Waals surface area contributed by atoms with Crippen LogP contribution in [-0.2, 0) is 6.54 Å². The van der Waals surface area contributed by atoms with Gasteiger partial charge in [0.2, 0.25) is 0 Å². The molecule has 21 heavy (non-hydrogen) atoms. The summed E-state index contributed by atoms with van der Waals surface area (Å²) in [5.74, 6) is 0.965. The number of nitrogens with zero attached hydrogens (tertiary/aromatic N) is 3. The van der Waals surface area contributed by atoms with Gasteiger partial charge in [-0.05, 0) is 41.0 Å². The lowest BCUT2D eigenvalue weighted by Crippen LogP contribution is -2.38. The number of piperidine rings is 1. The van der Waals surface area contributed by atoms with Crippen LogP contribution in [0.15, 0.2) is 42.9 Å². The van der Waals surface area contributed by atoms with Crippen LogP contribution >= 0.6 is 22.6 Å². The normalized spacial score (nSPS) is 16.8. The molecule has 4 nitrogen and oxygen atoms in total. The minimum atomic E-state index is 0.514. The molecule has 1 aliphatic heterocycles. The Hall–Kier alpha value is -1.21. The van der Waals surface area contributed by atoms with Gasteiger partial charge in [0.15, 0.2) is 0 Å². The van der Waals surface area contributed by atoms with Crippen molar-refractivity contribution in [1.82, 2.24) is 14.9 Å². The fourth-order valence-electron chi connectivity index (χ4n) is 2.69. The molecule has 1 aromatic heterocycles. The van der Waals surface area contributed by atoms with E-state index in [9.17, 15) is 0 Å². The summed E-state index contributed by atoms with van der Waals surface area (Å²) in [7, 11) is 0. The molecular weight excluding hydrogens is 375 g/mol. The van der Waals surface area contributed by atoms with Crippen molar-refractivity contribution in [3.05, 3.63) is 52.0 Å². The minimum absolute atomic E-state index is 0.514. The van der Waals surface area contributed by atoms with E-state index in [4.69, 9.17) is 0 Å². The summed E-state index contributed by atoms with van der Waals surface area (Å²) in [5, 5.41) is 3.55. The van der Waals surface area contributed by atoms with Gasteiger partial charge in [0.1, 0.15) is 12.1 Å². The molecule has 0 unspecified atom stereocenters. The zero-order chi connectivity index (χ0) is 14.5. The zero-order valence-corrected chi connectivity index (χ0v) is 14.0. The topological polar surface area (TPSA) is 41.1 Å². The highest BCUT2D eigenvalue weighted by Gasteiger charge is 2.19. The lowest BCUT2D eigenvalue weighted by atomic mass is 10.0. The average Bonchev–Trinajstić information content (AvgIpc) is 2.52. The van der Waals surface area contributed by atoms with Gasteiger partial charge in [-0.15, -0.1) is 0 Å². The first-order chi connectivity index (χ1) is 10.3. The van der Waals surface area contributed by atoms with Gasteiger partial charge in [0.05, 0.1) is 3.57 Å². The first-order valence-electron chi connectivity index (χ1n) is 7.29. The summed E-state index contributed by atoms with van der Waals surface area (Å²) in [6.45, 7) is 3.32.